The molecule has 0 unspecified atom stereocenters. The minimum atomic E-state index is -4.45. The van der Waals surface area contributed by atoms with Crippen LogP contribution in [0, 0.1) is 11.6 Å². The van der Waals surface area contributed by atoms with Crippen molar-refractivity contribution in [3.8, 4) is 5.75 Å². The van der Waals surface area contributed by atoms with Crippen molar-refractivity contribution >= 4 is 31.6 Å². The van der Waals surface area contributed by atoms with Gasteiger partial charge in [-0.05, 0) is 40.2 Å². The van der Waals surface area contributed by atoms with E-state index in [2.05, 4.69) is 21.0 Å². The Morgan fingerprint density at radius 2 is 1.95 bits per heavy atom. The highest BCUT2D eigenvalue weighted by Gasteiger charge is 2.23. The van der Waals surface area contributed by atoms with Crippen molar-refractivity contribution in [2.45, 2.75) is 4.90 Å². The van der Waals surface area contributed by atoms with E-state index in [1.54, 1.807) is 6.20 Å². The molecule has 9 heteroatoms. The molecule has 2 heterocycles. The molecule has 0 aliphatic carbocycles. The second kappa shape index (κ2) is 5.33. The number of pyridine rings is 1. The summed E-state index contributed by atoms with van der Waals surface area (Å²) in [7, 11) is -4.45. The molecule has 1 aromatic carbocycles. The first-order valence-corrected chi connectivity index (χ1v) is 8.09. The molecular formula is C13H7BrF2N2O3S. The topological polar surface area (TPSA) is 60.7 Å². The number of hydrogen-bond acceptors (Lipinski definition) is 4. The zero-order valence-electron chi connectivity index (χ0n) is 10.7. The van der Waals surface area contributed by atoms with Crippen LogP contribution in [0.4, 0.5) is 8.78 Å². The molecule has 22 heavy (non-hydrogen) atoms. The van der Waals surface area contributed by atoms with Crippen molar-refractivity contribution in [2.75, 3.05) is 0 Å². The fraction of sp³-hybridized carbons (Fsp3) is 0. The average molecular weight is 389 g/mol. The molecule has 3 aromatic rings. The van der Waals surface area contributed by atoms with E-state index in [0.29, 0.717) is 16.1 Å². The van der Waals surface area contributed by atoms with Gasteiger partial charge in [-0.3, -0.25) is 0 Å². The van der Waals surface area contributed by atoms with Gasteiger partial charge in [0.2, 0.25) is 0 Å². The number of nitrogens with zero attached hydrogens (tertiary/aromatic N) is 2. The summed E-state index contributed by atoms with van der Waals surface area (Å²) < 4.78 is 57.8. The Labute approximate surface area is 132 Å². The van der Waals surface area contributed by atoms with E-state index in [4.69, 9.17) is 4.18 Å². The van der Waals surface area contributed by atoms with Gasteiger partial charge in [0, 0.05) is 16.7 Å². The fourth-order valence-electron chi connectivity index (χ4n) is 1.87. The summed E-state index contributed by atoms with van der Waals surface area (Å²) in [6.45, 7) is 0. The quantitative estimate of drug-likeness (QED) is 0.646. The van der Waals surface area contributed by atoms with Crippen LogP contribution < -0.4 is 4.18 Å². The molecule has 0 aliphatic heterocycles. The predicted molar refractivity (Wildman–Crippen MR) is 77.1 cm³/mol. The van der Waals surface area contributed by atoms with E-state index >= 15 is 0 Å². The highest BCUT2D eigenvalue weighted by Crippen LogP contribution is 2.28. The van der Waals surface area contributed by atoms with Crippen molar-refractivity contribution in [2.24, 2.45) is 0 Å². The Bertz CT molecular complexity index is 973. The van der Waals surface area contributed by atoms with Crippen molar-refractivity contribution in [1.82, 2.24) is 9.61 Å². The summed E-state index contributed by atoms with van der Waals surface area (Å²) >= 11 is 3.20. The van der Waals surface area contributed by atoms with Crippen LogP contribution in [-0.2, 0) is 10.1 Å². The third-order valence-corrected chi connectivity index (χ3v) is 4.50. The molecule has 114 valence electrons. The number of rotatable bonds is 3. The first kappa shape index (κ1) is 14.9. The normalized spacial score (nSPS) is 11.8. The summed E-state index contributed by atoms with van der Waals surface area (Å²) in [6.07, 6.45) is 3.06. The van der Waals surface area contributed by atoms with Gasteiger partial charge in [0.05, 0.1) is 6.20 Å². The van der Waals surface area contributed by atoms with E-state index < -0.39 is 26.6 Å². The van der Waals surface area contributed by atoms with E-state index in [1.807, 2.05) is 0 Å². The van der Waals surface area contributed by atoms with Crippen LogP contribution in [0.25, 0.3) is 5.52 Å². The summed E-state index contributed by atoms with van der Waals surface area (Å²) in [5.41, 5.74) is 0.384. The van der Waals surface area contributed by atoms with Gasteiger partial charge in [-0.15, -0.1) is 0 Å². The smallest absolute Gasteiger partial charge is 0.342 e. The Morgan fingerprint density at radius 3 is 2.68 bits per heavy atom. The van der Waals surface area contributed by atoms with Gasteiger partial charge in [-0.2, -0.15) is 13.5 Å². The largest absolute Gasteiger partial charge is 0.377 e. The SMILES string of the molecule is O=S(=O)(Oc1cc(Br)cn2nccc12)c1ccc(F)cc1F. The van der Waals surface area contributed by atoms with Gasteiger partial charge in [0.15, 0.2) is 5.75 Å². The molecule has 5 nitrogen and oxygen atoms in total. The molecular weight excluding hydrogens is 382 g/mol. The standard InChI is InChI=1S/C13H7BrF2N2O3S/c14-8-5-12(11-3-4-17-18(11)7-8)21-22(19,20)13-2-1-9(15)6-10(13)16/h1-7H. The molecule has 0 aliphatic rings. The van der Waals surface area contributed by atoms with E-state index in [1.165, 1.54) is 22.8 Å². The van der Waals surface area contributed by atoms with Crippen LogP contribution in [0.1, 0.15) is 0 Å². The van der Waals surface area contributed by atoms with Gasteiger partial charge in [-0.1, -0.05) is 0 Å². The van der Waals surface area contributed by atoms with Crippen LogP contribution in [0.15, 0.2) is 52.1 Å². The summed E-state index contributed by atoms with van der Waals surface area (Å²) in [6, 6.07) is 5.08. The van der Waals surface area contributed by atoms with Crippen LogP contribution in [0.3, 0.4) is 0 Å². The maximum Gasteiger partial charge on any atom is 0.342 e. The minimum absolute atomic E-state index is 0.0319. The number of hydrogen-bond donors (Lipinski definition) is 0. The summed E-state index contributed by atoms with van der Waals surface area (Å²) in [5.74, 6) is -2.13. The molecule has 0 saturated carbocycles. The van der Waals surface area contributed by atoms with Gasteiger partial charge in [-0.25, -0.2) is 13.3 Å². The highest BCUT2D eigenvalue weighted by molar-refractivity contribution is 9.10. The maximum atomic E-state index is 13.7. The van der Waals surface area contributed by atoms with Gasteiger partial charge in [0.25, 0.3) is 0 Å². The van der Waals surface area contributed by atoms with Gasteiger partial charge >= 0.3 is 10.1 Å². The number of fused-ring (bicyclic) bond motifs is 1. The summed E-state index contributed by atoms with van der Waals surface area (Å²) in [4.78, 5) is -0.744. The van der Waals surface area contributed by atoms with Crippen molar-refractivity contribution in [3.63, 3.8) is 0 Å². The Kier molecular flexibility index (Phi) is 3.61. The third-order valence-electron chi connectivity index (χ3n) is 2.80. The van der Waals surface area contributed by atoms with Gasteiger partial charge < -0.3 is 4.18 Å². The zero-order chi connectivity index (χ0) is 15.9. The molecule has 0 bridgehead atoms. The first-order chi connectivity index (χ1) is 10.4. The second-order valence-electron chi connectivity index (χ2n) is 4.30. The molecule has 2 aromatic heterocycles. The van der Waals surface area contributed by atoms with Gasteiger partial charge in [0.1, 0.15) is 22.0 Å². The molecule has 0 radical (unpaired) electrons. The maximum absolute atomic E-state index is 13.7. The lowest BCUT2D eigenvalue weighted by atomic mass is 10.3. The molecule has 0 spiro atoms. The average Bonchev–Trinajstić information content (AvgIpc) is 2.85. The molecule has 0 fully saturated rings. The highest BCUT2D eigenvalue weighted by atomic mass is 79.9. The lowest BCUT2D eigenvalue weighted by molar-refractivity contribution is 0.475. The Balaban J connectivity index is 2.08. The third kappa shape index (κ3) is 2.69. The molecule has 0 amide bonds. The number of aromatic nitrogens is 2. The van der Waals surface area contributed by atoms with E-state index in [-0.39, 0.29) is 5.75 Å². The summed E-state index contributed by atoms with van der Waals surface area (Å²) in [5, 5.41) is 3.96. The number of halogens is 3. The lowest BCUT2D eigenvalue weighted by Crippen LogP contribution is -2.12. The lowest BCUT2D eigenvalue weighted by Gasteiger charge is -2.09. The Morgan fingerprint density at radius 1 is 1.18 bits per heavy atom. The number of benzene rings is 1. The molecule has 0 N–H and O–H groups in total. The fourth-order valence-corrected chi connectivity index (χ4v) is 3.27. The Hall–Kier alpha value is -2.00. The van der Waals surface area contributed by atoms with Crippen LogP contribution in [0.5, 0.6) is 5.75 Å². The molecule has 3 rings (SSSR count). The molecule has 0 saturated heterocycles. The first-order valence-electron chi connectivity index (χ1n) is 5.89. The van der Waals surface area contributed by atoms with Crippen molar-refractivity contribution < 1.29 is 21.4 Å². The predicted octanol–water partition coefficient (Wildman–Crippen LogP) is 3.14. The van der Waals surface area contributed by atoms with Crippen LogP contribution >= 0.6 is 15.9 Å². The zero-order valence-corrected chi connectivity index (χ0v) is 13.1. The van der Waals surface area contributed by atoms with Crippen LogP contribution in [0.2, 0.25) is 0 Å². The monoisotopic (exact) mass is 388 g/mol. The van der Waals surface area contributed by atoms with Crippen molar-refractivity contribution in [1.29, 1.82) is 0 Å². The van der Waals surface area contributed by atoms with E-state index in [0.717, 1.165) is 12.1 Å². The van der Waals surface area contributed by atoms with E-state index in [9.17, 15) is 17.2 Å². The van der Waals surface area contributed by atoms with Crippen LogP contribution in [-0.4, -0.2) is 18.0 Å². The second-order valence-corrected chi connectivity index (χ2v) is 6.73. The minimum Gasteiger partial charge on any atom is -0.377 e. The van der Waals surface area contributed by atoms with Crippen molar-refractivity contribution in [3.05, 3.63) is 58.8 Å². The molecule has 0 atom stereocenters.